The Balaban J connectivity index is 1.73. The van der Waals surface area contributed by atoms with Crippen LogP contribution in [0.1, 0.15) is 32.7 Å². The molecular formula is C17H21N5O2. The van der Waals surface area contributed by atoms with E-state index in [1.165, 1.54) is 0 Å². The van der Waals surface area contributed by atoms with Crippen molar-refractivity contribution < 1.29 is 9.47 Å². The van der Waals surface area contributed by atoms with Crippen LogP contribution in [0, 0.1) is 0 Å². The molecule has 7 heteroatoms. The number of pyridine rings is 1. The lowest BCUT2D eigenvalue weighted by Crippen LogP contribution is -2.26. The number of fused-ring (bicyclic) bond motifs is 1. The summed E-state index contributed by atoms with van der Waals surface area (Å²) in [6, 6.07) is 2.22. The molecule has 7 nitrogen and oxygen atoms in total. The number of H-pyrrole nitrogens is 1. The molecule has 0 saturated carbocycles. The number of nitrogens with zero attached hydrogens (tertiary/aromatic N) is 4. The van der Waals surface area contributed by atoms with Gasteiger partial charge in [0.05, 0.1) is 30.3 Å². The number of hydrogen-bond acceptors (Lipinski definition) is 5. The summed E-state index contributed by atoms with van der Waals surface area (Å²) in [6.45, 7) is 5.67. The van der Waals surface area contributed by atoms with Crippen LogP contribution in [0.3, 0.4) is 0 Å². The summed E-state index contributed by atoms with van der Waals surface area (Å²) in [5.41, 5.74) is 2.70. The number of aromatic amines is 1. The first-order valence-corrected chi connectivity index (χ1v) is 8.34. The Morgan fingerprint density at radius 2 is 2.17 bits per heavy atom. The maximum Gasteiger partial charge on any atom is 0.225 e. The Morgan fingerprint density at radius 1 is 1.33 bits per heavy atom. The lowest BCUT2D eigenvalue weighted by atomic mass is 10.1. The highest BCUT2D eigenvalue weighted by Crippen LogP contribution is 2.33. The second-order valence-corrected chi connectivity index (χ2v) is 6.34. The molecule has 24 heavy (non-hydrogen) atoms. The van der Waals surface area contributed by atoms with E-state index in [9.17, 15) is 0 Å². The Kier molecular flexibility index (Phi) is 3.93. The number of ether oxygens (including phenoxy) is 2. The van der Waals surface area contributed by atoms with Gasteiger partial charge in [-0.1, -0.05) is 0 Å². The fourth-order valence-electron chi connectivity index (χ4n) is 2.93. The van der Waals surface area contributed by atoms with Crippen molar-refractivity contribution in [3.05, 3.63) is 24.7 Å². The average Bonchev–Trinajstić information content (AvgIpc) is 3.23. The van der Waals surface area contributed by atoms with Crippen LogP contribution in [0.25, 0.3) is 22.2 Å². The van der Waals surface area contributed by atoms with Gasteiger partial charge in [-0.05, 0) is 19.9 Å². The molecule has 0 atom stereocenters. The molecule has 4 heterocycles. The minimum absolute atomic E-state index is 0.137. The fourth-order valence-corrected chi connectivity index (χ4v) is 2.93. The minimum atomic E-state index is 0.137. The molecule has 0 amide bonds. The van der Waals surface area contributed by atoms with E-state index in [-0.39, 0.29) is 6.10 Å². The van der Waals surface area contributed by atoms with Gasteiger partial charge < -0.3 is 9.47 Å². The van der Waals surface area contributed by atoms with Gasteiger partial charge in [0.15, 0.2) is 0 Å². The predicted octanol–water partition coefficient (Wildman–Crippen LogP) is 2.96. The molecule has 0 bridgehead atoms. The van der Waals surface area contributed by atoms with Gasteiger partial charge in [-0.25, -0.2) is 4.98 Å². The van der Waals surface area contributed by atoms with E-state index in [2.05, 4.69) is 34.1 Å². The molecule has 4 rings (SSSR count). The van der Waals surface area contributed by atoms with Gasteiger partial charge in [0.25, 0.3) is 0 Å². The number of hydrogen-bond donors (Lipinski definition) is 1. The normalized spacial score (nSPS) is 16.1. The smallest absolute Gasteiger partial charge is 0.225 e. The van der Waals surface area contributed by atoms with Crippen molar-refractivity contribution in [2.75, 3.05) is 13.2 Å². The first-order chi connectivity index (χ1) is 11.7. The van der Waals surface area contributed by atoms with E-state index < -0.39 is 0 Å². The molecule has 1 fully saturated rings. The van der Waals surface area contributed by atoms with Crippen LogP contribution < -0.4 is 4.74 Å². The van der Waals surface area contributed by atoms with Crippen molar-refractivity contribution in [1.29, 1.82) is 0 Å². The van der Waals surface area contributed by atoms with Crippen LogP contribution in [-0.2, 0) is 4.74 Å². The highest BCUT2D eigenvalue weighted by Gasteiger charge is 2.21. The van der Waals surface area contributed by atoms with Crippen LogP contribution in [0.4, 0.5) is 0 Å². The summed E-state index contributed by atoms with van der Waals surface area (Å²) in [7, 11) is 0. The lowest BCUT2D eigenvalue weighted by Gasteiger charge is -2.23. The summed E-state index contributed by atoms with van der Waals surface area (Å²) >= 11 is 0. The van der Waals surface area contributed by atoms with Gasteiger partial charge in [0, 0.05) is 36.8 Å². The third-order valence-electron chi connectivity index (χ3n) is 4.29. The molecule has 0 radical (unpaired) electrons. The number of nitrogens with one attached hydrogen (secondary N) is 1. The topological polar surface area (TPSA) is 77.9 Å². The quantitative estimate of drug-likeness (QED) is 0.797. The summed E-state index contributed by atoms with van der Waals surface area (Å²) in [5, 5.41) is 12.9. The van der Waals surface area contributed by atoms with Crippen LogP contribution in [-0.4, -0.2) is 44.3 Å². The van der Waals surface area contributed by atoms with Crippen molar-refractivity contribution in [1.82, 2.24) is 25.0 Å². The second kappa shape index (κ2) is 6.24. The fraction of sp³-hybridized carbons (Fsp3) is 0.471. The van der Waals surface area contributed by atoms with Gasteiger partial charge >= 0.3 is 0 Å². The monoisotopic (exact) mass is 327 g/mol. The van der Waals surface area contributed by atoms with Gasteiger partial charge in [-0.2, -0.15) is 10.2 Å². The Morgan fingerprint density at radius 3 is 2.92 bits per heavy atom. The zero-order valence-corrected chi connectivity index (χ0v) is 13.9. The number of aromatic nitrogens is 5. The molecule has 0 unspecified atom stereocenters. The van der Waals surface area contributed by atoms with E-state index >= 15 is 0 Å². The van der Waals surface area contributed by atoms with Gasteiger partial charge in [-0.3, -0.25) is 9.78 Å². The summed E-state index contributed by atoms with van der Waals surface area (Å²) in [6.07, 6.45) is 7.49. The minimum Gasteiger partial charge on any atom is -0.474 e. The van der Waals surface area contributed by atoms with Gasteiger partial charge in [0.1, 0.15) is 11.8 Å². The Labute approximate surface area is 140 Å². The molecule has 0 spiro atoms. The summed E-state index contributed by atoms with van der Waals surface area (Å²) < 4.78 is 13.5. The Bertz CT molecular complexity index is 832. The largest absolute Gasteiger partial charge is 0.474 e. The second-order valence-electron chi connectivity index (χ2n) is 6.34. The summed E-state index contributed by atoms with van der Waals surface area (Å²) in [5.74, 6) is 0.625. The first kappa shape index (κ1) is 15.1. The number of rotatable bonds is 4. The first-order valence-electron chi connectivity index (χ1n) is 8.34. The molecule has 1 N–H and O–H groups in total. The zero-order chi connectivity index (χ0) is 16.5. The van der Waals surface area contributed by atoms with Crippen LogP contribution in [0.2, 0.25) is 0 Å². The van der Waals surface area contributed by atoms with Crippen molar-refractivity contribution in [2.45, 2.75) is 38.8 Å². The van der Waals surface area contributed by atoms with E-state index in [0.717, 1.165) is 48.2 Å². The lowest BCUT2D eigenvalue weighted by molar-refractivity contribution is 0.0244. The standard InChI is InChI=1S/C17H21N5O2/c1-11(2)22-10-12(9-19-22)16-15-14(20-21-16)3-6-18-17(15)24-13-4-7-23-8-5-13/h3,6,9-11,13H,4-5,7-8H2,1-2H3,(H,20,21). The summed E-state index contributed by atoms with van der Waals surface area (Å²) in [4.78, 5) is 4.45. The van der Waals surface area contributed by atoms with Crippen LogP contribution >= 0.6 is 0 Å². The molecule has 126 valence electrons. The van der Waals surface area contributed by atoms with Crippen molar-refractivity contribution in [3.63, 3.8) is 0 Å². The van der Waals surface area contributed by atoms with Crippen LogP contribution in [0.15, 0.2) is 24.7 Å². The third-order valence-corrected chi connectivity index (χ3v) is 4.29. The highest BCUT2D eigenvalue weighted by molar-refractivity contribution is 5.96. The highest BCUT2D eigenvalue weighted by atomic mass is 16.5. The van der Waals surface area contributed by atoms with Crippen LogP contribution in [0.5, 0.6) is 5.88 Å². The molecule has 0 aliphatic carbocycles. The van der Waals surface area contributed by atoms with E-state index in [1.54, 1.807) is 6.20 Å². The zero-order valence-electron chi connectivity index (χ0n) is 13.9. The van der Waals surface area contributed by atoms with E-state index in [4.69, 9.17) is 9.47 Å². The van der Waals surface area contributed by atoms with Crippen molar-refractivity contribution in [3.8, 4) is 17.1 Å². The molecule has 3 aromatic heterocycles. The molecule has 0 aromatic carbocycles. The SMILES string of the molecule is CC(C)n1cc(-c2n[nH]c3ccnc(OC4CCOCC4)c23)cn1. The average molecular weight is 327 g/mol. The van der Waals surface area contributed by atoms with Gasteiger partial charge in [-0.15, -0.1) is 0 Å². The van der Waals surface area contributed by atoms with E-state index in [0.29, 0.717) is 11.9 Å². The molecular weight excluding hydrogens is 306 g/mol. The molecule has 1 saturated heterocycles. The molecule has 1 aliphatic rings. The van der Waals surface area contributed by atoms with Crippen molar-refractivity contribution >= 4 is 10.9 Å². The maximum absolute atomic E-state index is 6.16. The van der Waals surface area contributed by atoms with Gasteiger partial charge in [0.2, 0.25) is 5.88 Å². The van der Waals surface area contributed by atoms with Crippen molar-refractivity contribution in [2.24, 2.45) is 0 Å². The Hall–Kier alpha value is -2.41. The van der Waals surface area contributed by atoms with E-state index in [1.807, 2.05) is 23.1 Å². The molecule has 3 aromatic rings. The maximum atomic E-state index is 6.16. The molecule has 1 aliphatic heterocycles. The predicted molar refractivity (Wildman–Crippen MR) is 90.0 cm³/mol. The third kappa shape index (κ3) is 2.75.